The lowest BCUT2D eigenvalue weighted by Gasteiger charge is -2.09. The molecule has 7 heteroatoms. The van der Waals surface area contributed by atoms with Crippen molar-refractivity contribution in [3.05, 3.63) is 32.6 Å². The third kappa shape index (κ3) is 3.48. The standard InChI is InChI=1S/C11H15F3N2O2/c1-2-3-4-5-6-16-9(17)8(11(12,13)14)7-15-10(16)18/h7H,2-6H2,1H3,(H,15,18). The van der Waals surface area contributed by atoms with Gasteiger partial charge in [-0.2, -0.15) is 13.2 Å². The van der Waals surface area contributed by atoms with Gasteiger partial charge in [0.25, 0.3) is 5.56 Å². The molecule has 0 aliphatic rings. The molecule has 0 unspecified atom stereocenters. The minimum absolute atomic E-state index is 0.0120. The Morgan fingerprint density at radius 2 is 1.89 bits per heavy atom. The van der Waals surface area contributed by atoms with E-state index in [4.69, 9.17) is 0 Å². The van der Waals surface area contributed by atoms with Crippen molar-refractivity contribution < 1.29 is 13.2 Å². The second-order valence-electron chi connectivity index (χ2n) is 4.02. The van der Waals surface area contributed by atoms with Crippen LogP contribution in [0.5, 0.6) is 0 Å². The SMILES string of the molecule is CCCCCCn1c(=O)[nH]cc(C(F)(F)F)c1=O. The van der Waals surface area contributed by atoms with E-state index in [0.717, 1.165) is 19.3 Å². The molecule has 0 spiro atoms. The highest BCUT2D eigenvalue weighted by Gasteiger charge is 2.35. The molecule has 1 aromatic rings. The highest BCUT2D eigenvalue weighted by molar-refractivity contribution is 5.08. The van der Waals surface area contributed by atoms with Gasteiger partial charge in [-0.15, -0.1) is 0 Å². The maximum Gasteiger partial charge on any atom is 0.423 e. The molecule has 0 amide bonds. The van der Waals surface area contributed by atoms with E-state index in [1.165, 1.54) is 0 Å². The number of hydrogen-bond acceptors (Lipinski definition) is 2. The lowest BCUT2D eigenvalue weighted by Crippen LogP contribution is -2.39. The van der Waals surface area contributed by atoms with Crippen LogP contribution in [0.3, 0.4) is 0 Å². The largest absolute Gasteiger partial charge is 0.423 e. The second kappa shape index (κ2) is 5.88. The van der Waals surface area contributed by atoms with Crippen LogP contribution >= 0.6 is 0 Å². The number of alkyl halides is 3. The van der Waals surface area contributed by atoms with Crippen molar-refractivity contribution >= 4 is 0 Å². The topological polar surface area (TPSA) is 54.9 Å². The molecule has 18 heavy (non-hydrogen) atoms. The number of halogens is 3. The predicted molar refractivity (Wildman–Crippen MR) is 60.5 cm³/mol. The van der Waals surface area contributed by atoms with E-state index >= 15 is 0 Å². The Morgan fingerprint density at radius 1 is 1.22 bits per heavy atom. The van der Waals surface area contributed by atoms with Crippen LogP contribution in [0, 0.1) is 0 Å². The molecule has 0 saturated carbocycles. The molecule has 1 heterocycles. The van der Waals surface area contributed by atoms with E-state index in [9.17, 15) is 22.8 Å². The quantitative estimate of drug-likeness (QED) is 0.828. The molecule has 0 saturated heterocycles. The van der Waals surface area contributed by atoms with Crippen LogP contribution in [0.1, 0.15) is 38.2 Å². The van der Waals surface area contributed by atoms with Crippen molar-refractivity contribution in [2.75, 3.05) is 0 Å². The summed E-state index contributed by atoms with van der Waals surface area (Å²) in [5, 5.41) is 0. The Kier molecular flexibility index (Phi) is 4.75. The summed E-state index contributed by atoms with van der Waals surface area (Å²) in [6.45, 7) is 2.00. The summed E-state index contributed by atoms with van der Waals surface area (Å²) in [7, 11) is 0. The number of hydrogen-bond donors (Lipinski definition) is 1. The number of aromatic amines is 1. The normalized spacial score (nSPS) is 11.8. The van der Waals surface area contributed by atoms with E-state index < -0.39 is 23.0 Å². The molecule has 0 radical (unpaired) electrons. The van der Waals surface area contributed by atoms with E-state index in [1.807, 2.05) is 11.9 Å². The van der Waals surface area contributed by atoms with Crippen molar-refractivity contribution in [1.82, 2.24) is 9.55 Å². The average molecular weight is 264 g/mol. The fraction of sp³-hybridized carbons (Fsp3) is 0.636. The number of unbranched alkanes of at least 4 members (excludes halogenated alkanes) is 3. The molecule has 0 aromatic carbocycles. The fourth-order valence-electron chi connectivity index (χ4n) is 1.61. The maximum atomic E-state index is 12.5. The van der Waals surface area contributed by atoms with Gasteiger partial charge in [0.05, 0.1) is 0 Å². The molecule has 0 bridgehead atoms. The molecule has 0 atom stereocenters. The van der Waals surface area contributed by atoms with Crippen LogP contribution in [0.4, 0.5) is 13.2 Å². The van der Waals surface area contributed by atoms with Crippen molar-refractivity contribution in [2.45, 2.75) is 45.3 Å². The van der Waals surface area contributed by atoms with E-state index in [0.29, 0.717) is 17.2 Å². The Bertz CT molecular complexity index is 502. The molecule has 1 rings (SSSR count). The average Bonchev–Trinajstić information content (AvgIpc) is 2.26. The summed E-state index contributed by atoms with van der Waals surface area (Å²) >= 11 is 0. The van der Waals surface area contributed by atoms with Gasteiger partial charge in [0.2, 0.25) is 0 Å². The van der Waals surface area contributed by atoms with E-state index in [1.54, 1.807) is 0 Å². The van der Waals surface area contributed by atoms with E-state index in [2.05, 4.69) is 0 Å². The smallest absolute Gasteiger partial charge is 0.313 e. The zero-order valence-electron chi connectivity index (χ0n) is 10.0. The highest BCUT2D eigenvalue weighted by atomic mass is 19.4. The maximum absolute atomic E-state index is 12.5. The minimum Gasteiger partial charge on any atom is -0.313 e. The molecule has 0 aliphatic heterocycles. The van der Waals surface area contributed by atoms with Crippen molar-refractivity contribution in [3.8, 4) is 0 Å². The van der Waals surface area contributed by atoms with Gasteiger partial charge in [0, 0.05) is 12.7 Å². The van der Waals surface area contributed by atoms with Gasteiger partial charge >= 0.3 is 11.9 Å². The zero-order chi connectivity index (χ0) is 13.8. The Balaban J connectivity index is 2.98. The Hall–Kier alpha value is -1.53. The van der Waals surface area contributed by atoms with Gasteiger partial charge in [-0.1, -0.05) is 26.2 Å². The second-order valence-corrected chi connectivity index (χ2v) is 4.02. The zero-order valence-corrected chi connectivity index (χ0v) is 10.0. The predicted octanol–water partition coefficient (Wildman–Crippen LogP) is 2.14. The number of nitrogens with zero attached hydrogens (tertiary/aromatic N) is 1. The van der Waals surface area contributed by atoms with Gasteiger partial charge in [-0.3, -0.25) is 9.36 Å². The molecular weight excluding hydrogens is 249 g/mol. The molecule has 102 valence electrons. The summed E-state index contributed by atoms with van der Waals surface area (Å²) in [4.78, 5) is 24.8. The monoisotopic (exact) mass is 264 g/mol. The van der Waals surface area contributed by atoms with Gasteiger partial charge < -0.3 is 4.98 Å². The van der Waals surface area contributed by atoms with Crippen molar-refractivity contribution in [2.24, 2.45) is 0 Å². The Labute approximate surface area is 101 Å². The third-order valence-electron chi connectivity index (χ3n) is 2.60. The van der Waals surface area contributed by atoms with Gasteiger partial charge in [0.1, 0.15) is 5.56 Å². The number of H-pyrrole nitrogens is 1. The third-order valence-corrected chi connectivity index (χ3v) is 2.60. The lowest BCUT2D eigenvalue weighted by molar-refractivity contribution is -0.139. The molecule has 1 N–H and O–H groups in total. The fourth-order valence-corrected chi connectivity index (χ4v) is 1.61. The summed E-state index contributed by atoms with van der Waals surface area (Å²) in [6.07, 6.45) is -1.14. The van der Waals surface area contributed by atoms with Crippen LogP contribution in [0.15, 0.2) is 15.8 Å². The summed E-state index contributed by atoms with van der Waals surface area (Å²) < 4.78 is 38.0. The lowest BCUT2D eigenvalue weighted by atomic mass is 10.2. The first kappa shape index (κ1) is 14.5. The summed E-state index contributed by atoms with van der Waals surface area (Å²) in [5.74, 6) is 0. The van der Waals surface area contributed by atoms with Crippen molar-refractivity contribution in [1.29, 1.82) is 0 Å². The van der Waals surface area contributed by atoms with E-state index in [-0.39, 0.29) is 6.54 Å². The number of rotatable bonds is 5. The Morgan fingerprint density at radius 3 is 2.44 bits per heavy atom. The number of nitrogens with one attached hydrogen (secondary N) is 1. The summed E-state index contributed by atoms with van der Waals surface area (Å²) in [5.41, 5.74) is -3.41. The van der Waals surface area contributed by atoms with Crippen molar-refractivity contribution in [3.63, 3.8) is 0 Å². The van der Waals surface area contributed by atoms with Crippen LogP contribution in [0.2, 0.25) is 0 Å². The first-order valence-electron chi connectivity index (χ1n) is 5.77. The van der Waals surface area contributed by atoms with Gasteiger partial charge in [-0.25, -0.2) is 4.79 Å². The minimum atomic E-state index is -4.74. The molecule has 1 aromatic heterocycles. The first-order valence-corrected chi connectivity index (χ1v) is 5.77. The molecule has 0 fully saturated rings. The van der Waals surface area contributed by atoms with Gasteiger partial charge in [-0.05, 0) is 6.42 Å². The van der Waals surface area contributed by atoms with Gasteiger partial charge in [0.15, 0.2) is 0 Å². The summed E-state index contributed by atoms with van der Waals surface area (Å²) in [6, 6.07) is 0. The molecule has 4 nitrogen and oxygen atoms in total. The molecular formula is C11H15F3N2O2. The van der Waals surface area contributed by atoms with Crippen LogP contribution in [-0.4, -0.2) is 9.55 Å². The molecule has 0 aliphatic carbocycles. The number of aromatic nitrogens is 2. The first-order chi connectivity index (χ1) is 8.38. The van der Waals surface area contributed by atoms with Crippen LogP contribution < -0.4 is 11.2 Å². The van der Waals surface area contributed by atoms with Crippen LogP contribution in [-0.2, 0) is 12.7 Å². The van der Waals surface area contributed by atoms with Crippen LogP contribution in [0.25, 0.3) is 0 Å². The highest BCUT2D eigenvalue weighted by Crippen LogP contribution is 2.25.